The second-order valence-corrected chi connectivity index (χ2v) is 4.83. The lowest BCUT2D eigenvalue weighted by molar-refractivity contribution is 0.0992. The van der Waals surface area contributed by atoms with Gasteiger partial charge in [0.2, 0.25) is 0 Å². The molecule has 0 aliphatic rings. The average molecular weight is 278 g/mol. The van der Waals surface area contributed by atoms with Crippen molar-refractivity contribution in [3.05, 3.63) is 63.7 Å². The van der Waals surface area contributed by atoms with Gasteiger partial charge in [0.25, 0.3) is 0 Å². The Balaban J connectivity index is 2.25. The van der Waals surface area contributed by atoms with E-state index in [1.54, 1.807) is 19.1 Å². The van der Waals surface area contributed by atoms with Crippen LogP contribution in [0.2, 0.25) is 5.02 Å². The predicted octanol–water partition coefficient (Wildman–Crippen LogP) is 3.92. The van der Waals surface area contributed by atoms with Crippen LogP contribution in [0.25, 0.3) is 0 Å². The number of nitrogens with zero attached hydrogens (tertiary/aromatic N) is 1. The van der Waals surface area contributed by atoms with Crippen molar-refractivity contribution < 1.29 is 9.18 Å². The van der Waals surface area contributed by atoms with Gasteiger partial charge in [0.1, 0.15) is 5.82 Å². The molecule has 0 fully saturated rings. The Labute approximate surface area is 116 Å². The number of carbonyl (C=O) groups is 1. The third-order valence-electron chi connectivity index (χ3n) is 2.89. The van der Waals surface area contributed by atoms with Crippen LogP contribution in [-0.4, -0.2) is 10.8 Å². The summed E-state index contributed by atoms with van der Waals surface area (Å²) in [6, 6.07) is 7.61. The summed E-state index contributed by atoms with van der Waals surface area (Å²) in [4.78, 5) is 16.4. The lowest BCUT2D eigenvalue weighted by Crippen LogP contribution is -2.07. The van der Waals surface area contributed by atoms with Crippen molar-refractivity contribution in [2.45, 2.75) is 20.3 Å². The molecule has 2 aromatic rings. The Hall–Kier alpha value is -1.74. The third-order valence-corrected chi connectivity index (χ3v) is 3.24. The van der Waals surface area contributed by atoms with E-state index in [1.165, 1.54) is 18.2 Å². The quantitative estimate of drug-likeness (QED) is 0.796. The molecule has 0 unspecified atom stereocenters. The van der Waals surface area contributed by atoms with E-state index in [0.717, 1.165) is 5.69 Å². The first-order valence-electron chi connectivity index (χ1n) is 5.89. The van der Waals surface area contributed by atoms with Gasteiger partial charge in [-0.3, -0.25) is 9.78 Å². The van der Waals surface area contributed by atoms with Gasteiger partial charge in [0.15, 0.2) is 5.78 Å². The normalized spacial score (nSPS) is 10.5. The molecule has 19 heavy (non-hydrogen) atoms. The van der Waals surface area contributed by atoms with E-state index in [9.17, 15) is 9.18 Å². The number of pyridine rings is 1. The van der Waals surface area contributed by atoms with Gasteiger partial charge in [0.05, 0.1) is 0 Å². The number of rotatable bonds is 3. The maximum atomic E-state index is 12.9. The minimum absolute atomic E-state index is 0.0708. The van der Waals surface area contributed by atoms with Crippen LogP contribution in [0.4, 0.5) is 4.39 Å². The Kier molecular flexibility index (Phi) is 3.96. The zero-order valence-corrected chi connectivity index (χ0v) is 11.5. The molecule has 4 heteroatoms. The highest BCUT2D eigenvalue weighted by molar-refractivity contribution is 6.31. The topological polar surface area (TPSA) is 30.0 Å². The van der Waals surface area contributed by atoms with Crippen LogP contribution in [0.3, 0.4) is 0 Å². The standard InChI is InChI=1S/C15H13ClFNO/c1-9-3-6-13(10(2)18-9)15(19)7-11-4-5-12(17)8-14(11)16/h3-6,8H,7H2,1-2H3. The van der Waals surface area contributed by atoms with Gasteiger partial charge < -0.3 is 0 Å². The molecular formula is C15H13ClFNO. The molecule has 0 aliphatic carbocycles. The molecule has 0 aliphatic heterocycles. The van der Waals surface area contributed by atoms with Gasteiger partial charge in [-0.2, -0.15) is 0 Å². The number of aryl methyl sites for hydroxylation is 2. The van der Waals surface area contributed by atoms with Crippen molar-refractivity contribution in [1.82, 2.24) is 4.98 Å². The molecule has 0 N–H and O–H groups in total. The van der Waals surface area contributed by atoms with Crippen LogP contribution in [0, 0.1) is 19.7 Å². The van der Waals surface area contributed by atoms with Crippen molar-refractivity contribution in [3.63, 3.8) is 0 Å². The molecule has 0 radical (unpaired) electrons. The number of Topliss-reactive ketones (excluding diaryl/α,β-unsaturated/α-hetero) is 1. The summed E-state index contributed by atoms with van der Waals surface area (Å²) in [6.07, 6.45) is 0.144. The van der Waals surface area contributed by atoms with Gasteiger partial charge in [-0.05, 0) is 43.7 Å². The van der Waals surface area contributed by atoms with Gasteiger partial charge in [-0.25, -0.2) is 4.39 Å². The zero-order valence-electron chi connectivity index (χ0n) is 10.7. The van der Waals surface area contributed by atoms with E-state index in [0.29, 0.717) is 16.8 Å². The maximum absolute atomic E-state index is 12.9. The fourth-order valence-corrected chi connectivity index (χ4v) is 2.15. The van der Waals surface area contributed by atoms with Gasteiger partial charge in [-0.15, -0.1) is 0 Å². The first kappa shape index (κ1) is 13.7. The number of benzene rings is 1. The fraction of sp³-hybridized carbons (Fsp3) is 0.200. The predicted molar refractivity (Wildman–Crippen MR) is 73.2 cm³/mol. The maximum Gasteiger partial charge on any atom is 0.169 e. The number of halogens is 2. The molecular weight excluding hydrogens is 265 g/mol. The summed E-state index contributed by atoms with van der Waals surface area (Å²) in [5, 5.41) is 0.270. The zero-order chi connectivity index (χ0) is 14.0. The van der Waals surface area contributed by atoms with E-state index >= 15 is 0 Å². The number of carbonyl (C=O) groups excluding carboxylic acids is 1. The number of aromatic nitrogens is 1. The van der Waals surface area contributed by atoms with E-state index in [2.05, 4.69) is 4.98 Å². The van der Waals surface area contributed by atoms with Gasteiger partial charge in [-0.1, -0.05) is 17.7 Å². The van der Waals surface area contributed by atoms with E-state index in [-0.39, 0.29) is 17.2 Å². The van der Waals surface area contributed by atoms with Crippen molar-refractivity contribution in [1.29, 1.82) is 0 Å². The number of ketones is 1. The highest BCUT2D eigenvalue weighted by Gasteiger charge is 2.13. The second-order valence-electron chi connectivity index (χ2n) is 4.42. The lowest BCUT2D eigenvalue weighted by Gasteiger charge is -2.07. The molecule has 0 bridgehead atoms. The summed E-state index contributed by atoms with van der Waals surface area (Å²) < 4.78 is 12.9. The van der Waals surface area contributed by atoms with Crippen molar-refractivity contribution in [2.24, 2.45) is 0 Å². The summed E-state index contributed by atoms with van der Waals surface area (Å²) in [6.45, 7) is 3.67. The van der Waals surface area contributed by atoms with Gasteiger partial charge in [0, 0.05) is 28.4 Å². The highest BCUT2D eigenvalue weighted by atomic mass is 35.5. The molecule has 2 rings (SSSR count). The molecule has 1 heterocycles. The molecule has 0 saturated carbocycles. The third kappa shape index (κ3) is 3.18. The van der Waals surface area contributed by atoms with E-state index in [1.807, 2.05) is 6.92 Å². The summed E-state index contributed by atoms with van der Waals surface area (Å²) >= 11 is 5.92. The minimum atomic E-state index is -0.408. The Bertz CT molecular complexity index is 640. The first-order chi connectivity index (χ1) is 8.97. The molecule has 0 amide bonds. The lowest BCUT2D eigenvalue weighted by atomic mass is 10.0. The van der Waals surface area contributed by atoms with Gasteiger partial charge >= 0.3 is 0 Å². The molecule has 1 aromatic heterocycles. The summed E-state index contributed by atoms with van der Waals surface area (Å²) in [7, 11) is 0. The number of hydrogen-bond acceptors (Lipinski definition) is 2. The number of hydrogen-bond donors (Lipinski definition) is 0. The van der Waals surface area contributed by atoms with Crippen molar-refractivity contribution in [3.8, 4) is 0 Å². The van der Waals surface area contributed by atoms with Crippen molar-refractivity contribution in [2.75, 3.05) is 0 Å². The molecule has 98 valence electrons. The van der Waals surface area contributed by atoms with Crippen molar-refractivity contribution >= 4 is 17.4 Å². The first-order valence-corrected chi connectivity index (χ1v) is 6.26. The fourth-order valence-electron chi connectivity index (χ4n) is 1.91. The smallest absolute Gasteiger partial charge is 0.169 e. The monoisotopic (exact) mass is 277 g/mol. The summed E-state index contributed by atoms with van der Waals surface area (Å²) in [5.74, 6) is -0.479. The summed E-state index contributed by atoms with van der Waals surface area (Å²) in [5.41, 5.74) is 2.76. The van der Waals surface area contributed by atoms with Crippen LogP contribution in [0.15, 0.2) is 30.3 Å². The SMILES string of the molecule is Cc1ccc(C(=O)Cc2ccc(F)cc2Cl)c(C)n1. The molecule has 1 aromatic carbocycles. The van der Waals surface area contributed by atoms with Crippen LogP contribution in [0.1, 0.15) is 27.3 Å². The molecule has 0 atom stereocenters. The Morgan fingerprint density at radius 3 is 2.63 bits per heavy atom. The molecule has 2 nitrogen and oxygen atoms in total. The van der Waals surface area contributed by atoms with E-state index in [4.69, 9.17) is 11.6 Å². The van der Waals surface area contributed by atoms with Crippen LogP contribution in [0.5, 0.6) is 0 Å². The Morgan fingerprint density at radius 1 is 1.26 bits per heavy atom. The molecule has 0 spiro atoms. The largest absolute Gasteiger partial charge is 0.294 e. The minimum Gasteiger partial charge on any atom is -0.294 e. The highest BCUT2D eigenvalue weighted by Crippen LogP contribution is 2.20. The van der Waals surface area contributed by atoms with E-state index < -0.39 is 5.82 Å². The van der Waals surface area contributed by atoms with Crippen LogP contribution < -0.4 is 0 Å². The van der Waals surface area contributed by atoms with Crippen LogP contribution >= 0.6 is 11.6 Å². The van der Waals surface area contributed by atoms with Crippen LogP contribution in [-0.2, 0) is 6.42 Å². The second kappa shape index (κ2) is 5.49. The molecule has 0 saturated heterocycles. The Morgan fingerprint density at radius 2 is 2.00 bits per heavy atom. The average Bonchev–Trinajstić information content (AvgIpc) is 2.32.